The first-order chi connectivity index (χ1) is 9.25. The molecule has 0 atom stereocenters. The maximum atomic E-state index is 12.2. The molecule has 1 aliphatic rings. The van der Waals surface area contributed by atoms with Gasteiger partial charge in [0.2, 0.25) is 0 Å². The molecule has 1 rings (SSSR count). The summed E-state index contributed by atoms with van der Waals surface area (Å²) in [6, 6.07) is 0. The summed E-state index contributed by atoms with van der Waals surface area (Å²) in [6.07, 6.45) is 14.2. The molecule has 0 aromatic rings. The molecule has 0 radical (unpaired) electrons. The maximum Gasteiger partial charge on any atom is 0.312 e. The van der Waals surface area contributed by atoms with Gasteiger partial charge in [-0.3, -0.25) is 4.79 Å². The van der Waals surface area contributed by atoms with E-state index in [2.05, 4.69) is 13.8 Å². The van der Waals surface area contributed by atoms with Gasteiger partial charge in [0.25, 0.3) is 0 Å². The fourth-order valence-electron chi connectivity index (χ4n) is 3.19. The number of unbranched alkanes of at least 4 members (excludes halogenated alkanes) is 6. The Morgan fingerprint density at radius 3 is 2.00 bits per heavy atom. The molecule has 0 saturated carbocycles. The molecule has 0 aromatic carbocycles. The molecule has 0 amide bonds. The van der Waals surface area contributed by atoms with Crippen LogP contribution < -0.4 is 0 Å². The Morgan fingerprint density at radius 1 is 0.947 bits per heavy atom. The van der Waals surface area contributed by atoms with Crippen LogP contribution in [0.4, 0.5) is 0 Å². The van der Waals surface area contributed by atoms with E-state index < -0.39 is 0 Å². The minimum atomic E-state index is -0.125. The molecule has 0 aromatic heterocycles. The average Bonchev–Trinajstić information content (AvgIpc) is 2.43. The van der Waals surface area contributed by atoms with Crippen LogP contribution in [0.5, 0.6) is 0 Å². The van der Waals surface area contributed by atoms with Gasteiger partial charge in [0.1, 0.15) is 0 Å². The van der Waals surface area contributed by atoms with Crippen molar-refractivity contribution >= 4 is 5.97 Å². The van der Waals surface area contributed by atoms with Gasteiger partial charge >= 0.3 is 5.97 Å². The first-order valence-corrected chi connectivity index (χ1v) is 8.42. The Balaban J connectivity index is 2.44. The zero-order valence-corrected chi connectivity index (χ0v) is 13.0. The Labute approximate surface area is 119 Å². The van der Waals surface area contributed by atoms with Crippen molar-refractivity contribution in [3.63, 3.8) is 0 Å². The van der Waals surface area contributed by atoms with Crippen LogP contribution in [0.25, 0.3) is 0 Å². The van der Waals surface area contributed by atoms with Crippen LogP contribution in [0.2, 0.25) is 0 Å². The summed E-state index contributed by atoms with van der Waals surface area (Å²) in [5.74, 6) is 0.103. The average molecular weight is 268 g/mol. The zero-order valence-electron chi connectivity index (χ0n) is 13.0. The van der Waals surface area contributed by atoms with Crippen LogP contribution in [-0.2, 0) is 9.53 Å². The molecule has 2 nitrogen and oxygen atoms in total. The van der Waals surface area contributed by atoms with Gasteiger partial charge in [0.15, 0.2) is 0 Å². The highest BCUT2D eigenvalue weighted by Gasteiger charge is 2.40. The van der Waals surface area contributed by atoms with Crippen LogP contribution in [0.3, 0.4) is 0 Å². The number of hydrogen-bond donors (Lipinski definition) is 0. The Morgan fingerprint density at radius 2 is 1.53 bits per heavy atom. The number of carbonyl (C=O) groups excluding carboxylic acids is 1. The van der Waals surface area contributed by atoms with E-state index in [1.54, 1.807) is 0 Å². The van der Waals surface area contributed by atoms with Gasteiger partial charge in [-0.2, -0.15) is 0 Å². The van der Waals surface area contributed by atoms with Crippen molar-refractivity contribution in [2.24, 2.45) is 5.41 Å². The summed E-state index contributed by atoms with van der Waals surface area (Å²) in [5, 5.41) is 0. The van der Waals surface area contributed by atoms with E-state index in [4.69, 9.17) is 4.74 Å². The first kappa shape index (κ1) is 16.5. The zero-order chi connectivity index (χ0) is 14.0. The van der Waals surface area contributed by atoms with Gasteiger partial charge in [-0.05, 0) is 25.7 Å². The molecule has 0 bridgehead atoms. The molecule has 0 unspecified atom stereocenters. The second-order valence-corrected chi connectivity index (χ2v) is 6.14. The molecule has 1 aliphatic heterocycles. The van der Waals surface area contributed by atoms with E-state index in [1.165, 1.54) is 51.4 Å². The lowest BCUT2D eigenvalue weighted by Gasteiger charge is -2.35. The van der Waals surface area contributed by atoms with Crippen molar-refractivity contribution in [2.45, 2.75) is 90.9 Å². The molecule has 1 fully saturated rings. The van der Waals surface area contributed by atoms with Crippen molar-refractivity contribution in [1.82, 2.24) is 0 Å². The standard InChI is InChI=1S/C17H32O2/c1-3-5-7-9-12-17(13-10-8-6-4-2)14-11-15-19-16(17)18/h3-15H2,1-2H3. The third-order valence-electron chi connectivity index (χ3n) is 4.48. The van der Waals surface area contributed by atoms with Crippen molar-refractivity contribution in [3.8, 4) is 0 Å². The van der Waals surface area contributed by atoms with Crippen LogP contribution >= 0.6 is 0 Å². The van der Waals surface area contributed by atoms with Gasteiger partial charge in [0.05, 0.1) is 12.0 Å². The summed E-state index contributed by atoms with van der Waals surface area (Å²) >= 11 is 0. The van der Waals surface area contributed by atoms with Crippen LogP contribution in [0.15, 0.2) is 0 Å². The third-order valence-corrected chi connectivity index (χ3v) is 4.48. The van der Waals surface area contributed by atoms with E-state index in [0.29, 0.717) is 6.61 Å². The van der Waals surface area contributed by atoms with Crippen molar-refractivity contribution < 1.29 is 9.53 Å². The Kier molecular flexibility index (Phi) is 8.16. The lowest BCUT2D eigenvalue weighted by Crippen LogP contribution is -2.37. The molecular weight excluding hydrogens is 236 g/mol. The van der Waals surface area contributed by atoms with Crippen molar-refractivity contribution in [2.75, 3.05) is 6.61 Å². The monoisotopic (exact) mass is 268 g/mol. The van der Waals surface area contributed by atoms with Gasteiger partial charge in [-0.25, -0.2) is 0 Å². The van der Waals surface area contributed by atoms with E-state index >= 15 is 0 Å². The van der Waals surface area contributed by atoms with E-state index in [9.17, 15) is 4.79 Å². The summed E-state index contributed by atoms with van der Waals surface area (Å²) in [4.78, 5) is 12.2. The van der Waals surface area contributed by atoms with Gasteiger partial charge < -0.3 is 4.74 Å². The SMILES string of the molecule is CCCCCCC1(CCCCCC)CCCOC1=O. The quantitative estimate of drug-likeness (QED) is 0.399. The van der Waals surface area contributed by atoms with Crippen LogP contribution in [-0.4, -0.2) is 12.6 Å². The topological polar surface area (TPSA) is 26.3 Å². The van der Waals surface area contributed by atoms with E-state index in [1.807, 2.05) is 0 Å². The predicted molar refractivity (Wildman–Crippen MR) is 80.1 cm³/mol. The highest BCUT2D eigenvalue weighted by Crippen LogP contribution is 2.40. The fraction of sp³-hybridized carbons (Fsp3) is 0.941. The molecule has 2 heteroatoms. The molecule has 1 saturated heterocycles. The molecule has 19 heavy (non-hydrogen) atoms. The summed E-state index contributed by atoms with van der Waals surface area (Å²) < 4.78 is 5.37. The smallest absolute Gasteiger partial charge is 0.312 e. The number of carbonyl (C=O) groups is 1. The summed E-state index contributed by atoms with van der Waals surface area (Å²) in [6.45, 7) is 5.11. The van der Waals surface area contributed by atoms with E-state index in [-0.39, 0.29) is 11.4 Å². The van der Waals surface area contributed by atoms with Gasteiger partial charge in [0, 0.05) is 0 Å². The normalized spacial score (nSPS) is 18.3. The van der Waals surface area contributed by atoms with Gasteiger partial charge in [-0.15, -0.1) is 0 Å². The molecule has 0 spiro atoms. The molecule has 0 aliphatic carbocycles. The van der Waals surface area contributed by atoms with Crippen LogP contribution in [0.1, 0.15) is 90.9 Å². The fourth-order valence-corrected chi connectivity index (χ4v) is 3.19. The number of hydrogen-bond acceptors (Lipinski definition) is 2. The van der Waals surface area contributed by atoms with Crippen LogP contribution in [0, 0.1) is 5.41 Å². The molecule has 0 N–H and O–H groups in total. The number of ether oxygens (including phenoxy) is 1. The number of rotatable bonds is 10. The third kappa shape index (κ3) is 5.54. The largest absolute Gasteiger partial charge is 0.465 e. The summed E-state index contributed by atoms with van der Waals surface area (Å²) in [5.41, 5.74) is -0.125. The lowest BCUT2D eigenvalue weighted by atomic mass is 9.73. The molecular formula is C17H32O2. The summed E-state index contributed by atoms with van der Waals surface area (Å²) in [7, 11) is 0. The first-order valence-electron chi connectivity index (χ1n) is 8.42. The minimum Gasteiger partial charge on any atom is -0.465 e. The van der Waals surface area contributed by atoms with Gasteiger partial charge in [-0.1, -0.05) is 65.2 Å². The second-order valence-electron chi connectivity index (χ2n) is 6.14. The van der Waals surface area contributed by atoms with Crippen molar-refractivity contribution in [1.29, 1.82) is 0 Å². The molecule has 112 valence electrons. The number of esters is 1. The second kappa shape index (κ2) is 9.39. The maximum absolute atomic E-state index is 12.2. The number of cyclic esters (lactones) is 1. The highest BCUT2D eigenvalue weighted by atomic mass is 16.5. The Bertz CT molecular complexity index is 236. The highest BCUT2D eigenvalue weighted by molar-refractivity contribution is 5.77. The minimum absolute atomic E-state index is 0.103. The predicted octanol–water partition coefficient (Wildman–Crippen LogP) is 5.25. The lowest BCUT2D eigenvalue weighted by molar-refractivity contribution is -0.163. The van der Waals surface area contributed by atoms with Crippen molar-refractivity contribution in [3.05, 3.63) is 0 Å². The Hall–Kier alpha value is -0.530. The van der Waals surface area contributed by atoms with E-state index in [0.717, 1.165) is 25.7 Å². The molecule has 1 heterocycles.